The molecule has 1 aromatic carbocycles. The fourth-order valence-corrected chi connectivity index (χ4v) is 2.15. The molecule has 0 spiro atoms. The van der Waals surface area contributed by atoms with Crippen LogP contribution in [0, 0.1) is 0 Å². The molecular formula is C12H16BrNO2. The van der Waals surface area contributed by atoms with E-state index >= 15 is 0 Å². The summed E-state index contributed by atoms with van der Waals surface area (Å²) in [5.74, 6) is -0.848. The molecule has 2 unspecified atom stereocenters. The van der Waals surface area contributed by atoms with Gasteiger partial charge in [0.25, 0.3) is 0 Å². The normalized spacial score (nSPS) is 14.8. The summed E-state index contributed by atoms with van der Waals surface area (Å²) in [4.78, 5) is 10.9. The van der Waals surface area contributed by atoms with Crippen LogP contribution in [0.25, 0.3) is 0 Å². The highest BCUT2D eigenvalue weighted by Gasteiger charge is 2.27. The van der Waals surface area contributed by atoms with Crippen molar-refractivity contribution in [1.82, 2.24) is 5.32 Å². The molecule has 0 aliphatic carbocycles. The third kappa shape index (κ3) is 3.61. The number of carboxylic acids is 1. The fourth-order valence-electron chi connectivity index (χ4n) is 1.47. The Morgan fingerprint density at radius 3 is 2.31 bits per heavy atom. The number of hydrogen-bond acceptors (Lipinski definition) is 2. The molecule has 88 valence electrons. The van der Waals surface area contributed by atoms with Gasteiger partial charge in [0.15, 0.2) is 0 Å². The topological polar surface area (TPSA) is 49.3 Å². The second kappa shape index (κ2) is 6.01. The van der Waals surface area contributed by atoms with Crippen molar-refractivity contribution in [2.45, 2.75) is 30.8 Å². The third-order valence-electron chi connectivity index (χ3n) is 2.19. The first kappa shape index (κ1) is 13.2. The van der Waals surface area contributed by atoms with Crippen LogP contribution in [0.2, 0.25) is 0 Å². The molecule has 0 saturated carbocycles. The van der Waals surface area contributed by atoms with E-state index in [2.05, 4.69) is 21.2 Å². The molecule has 0 heterocycles. The van der Waals surface area contributed by atoms with Gasteiger partial charge in [-0.15, -0.1) is 0 Å². The van der Waals surface area contributed by atoms with E-state index in [1.165, 1.54) is 0 Å². The number of halogens is 1. The fraction of sp³-hybridized carbons (Fsp3) is 0.417. The van der Waals surface area contributed by atoms with Gasteiger partial charge in [-0.05, 0) is 5.56 Å². The average Bonchev–Trinajstić information content (AvgIpc) is 2.25. The molecule has 0 aromatic heterocycles. The second-order valence-electron chi connectivity index (χ2n) is 3.95. The molecule has 3 nitrogen and oxygen atoms in total. The predicted octanol–water partition coefficient (Wildman–Crippen LogP) is 2.57. The SMILES string of the molecule is CC(C)NC(C(=O)O)C(Br)c1ccccc1. The molecule has 0 bridgehead atoms. The van der Waals surface area contributed by atoms with Crippen LogP contribution >= 0.6 is 15.9 Å². The minimum atomic E-state index is -0.848. The first-order chi connectivity index (χ1) is 7.52. The second-order valence-corrected chi connectivity index (χ2v) is 4.94. The Balaban J connectivity index is 2.83. The molecule has 0 saturated heterocycles. The van der Waals surface area contributed by atoms with E-state index < -0.39 is 12.0 Å². The monoisotopic (exact) mass is 285 g/mol. The van der Waals surface area contributed by atoms with Crippen LogP contribution in [-0.2, 0) is 4.79 Å². The van der Waals surface area contributed by atoms with Crippen LogP contribution in [0.3, 0.4) is 0 Å². The molecule has 2 N–H and O–H groups in total. The molecule has 1 aromatic rings. The van der Waals surface area contributed by atoms with E-state index in [1.54, 1.807) is 0 Å². The number of carboxylic acid groups (broad SMARTS) is 1. The summed E-state index contributed by atoms with van der Waals surface area (Å²) in [7, 11) is 0. The summed E-state index contributed by atoms with van der Waals surface area (Å²) in [5.41, 5.74) is 0.961. The molecule has 1 rings (SSSR count). The number of aliphatic carboxylic acids is 1. The highest BCUT2D eigenvalue weighted by molar-refractivity contribution is 9.09. The maximum Gasteiger partial charge on any atom is 0.322 e. The molecule has 0 aliphatic heterocycles. The number of rotatable bonds is 5. The standard InChI is InChI=1S/C12H16BrNO2/c1-8(2)14-11(12(15)16)10(13)9-6-4-3-5-7-9/h3-8,10-11,14H,1-2H3,(H,15,16). The van der Waals surface area contributed by atoms with Gasteiger partial charge in [0.05, 0.1) is 4.83 Å². The van der Waals surface area contributed by atoms with Crippen molar-refractivity contribution in [3.05, 3.63) is 35.9 Å². The van der Waals surface area contributed by atoms with E-state index in [9.17, 15) is 4.79 Å². The number of benzene rings is 1. The van der Waals surface area contributed by atoms with Gasteiger partial charge in [0.2, 0.25) is 0 Å². The van der Waals surface area contributed by atoms with Crippen molar-refractivity contribution in [3.8, 4) is 0 Å². The van der Waals surface area contributed by atoms with Gasteiger partial charge in [-0.1, -0.05) is 60.1 Å². The lowest BCUT2D eigenvalue weighted by Gasteiger charge is -2.22. The molecule has 0 fully saturated rings. The molecule has 4 heteroatoms. The van der Waals surface area contributed by atoms with Crippen molar-refractivity contribution in [2.24, 2.45) is 0 Å². The Labute approximate surface area is 104 Å². The average molecular weight is 286 g/mol. The van der Waals surface area contributed by atoms with Crippen LogP contribution in [0.5, 0.6) is 0 Å². The van der Waals surface area contributed by atoms with Crippen molar-refractivity contribution < 1.29 is 9.90 Å². The van der Waals surface area contributed by atoms with E-state index in [0.29, 0.717) is 0 Å². The van der Waals surface area contributed by atoms with Gasteiger partial charge in [-0.2, -0.15) is 0 Å². The molecule has 0 aliphatic rings. The zero-order valence-electron chi connectivity index (χ0n) is 9.35. The minimum absolute atomic E-state index is 0.130. The van der Waals surface area contributed by atoms with Crippen molar-refractivity contribution in [2.75, 3.05) is 0 Å². The van der Waals surface area contributed by atoms with Gasteiger partial charge in [0, 0.05) is 6.04 Å². The highest BCUT2D eigenvalue weighted by atomic mass is 79.9. The Kier molecular flexibility index (Phi) is 4.96. The van der Waals surface area contributed by atoms with Crippen LogP contribution in [-0.4, -0.2) is 23.2 Å². The van der Waals surface area contributed by atoms with Crippen molar-refractivity contribution in [1.29, 1.82) is 0 Å². The maximum atomic E-state index is 11.2. The summed E-state index contributed by atoms with van der Waals surface area (Å²) in [6, 6.07) is 9.05. The predicted molar refractivity (Wildman–Crippen MR) is 67.8 cm³/mol. The summed E-state index contributed by atoms with van der Waals surface area (Å²) < 4.78 is 0. The number of nitrogens with one attached hydrogen (secondary N) is 1. The van der Waals surface area contributed by atoms with Crippen molar-refractivity contribution >= 4 is 21.9 Å². The van der Waals surface area contributed by atoms with Crippen LogP contribution in [0.15, 0.2) is 30.3 Å². The number of hydrogen-bond donors (Lipinski definition) is 2. The Hall–Kier alpha value is -0.870. The summed E-state index contributed by atoms with van der Waals surface area (Å²) in [5, 5.41) is 12.2. The third-order valence-corrected chi connectivity index (χ3v) is 3.25. The first-order valence-electron chi connectivity index (χ1n) is 5.20. The van der Waals surface area contributed by atoms with Crippen LogP contribution in [0.1, 0.15) is 24.2 Å². The molecule has 0 radical (unpaired) electrons. The summed E-state index contributed by atoms with van der Waals surface area (Å²) in [6.07, 6.45) is 0. The van der Waals surface area contributed by atoms with Gasteiger partial charge < -0.3 is 10.4 Å². The van der Waals surface area contributed by atoms with Gasteiger partial charge >= 0.3 is 5.97 Å². The lowest BCUT2D eigenvalue weighted by atomic mass is 10.1. The highest BCUT2D eigenvalue weighted by Crippen LogP contribution is 2.26. The lowest BCUT2D eigenvalue weighted by Crippen LogP contribution is -2.43. The number of alkyl halides is 1. The van der Waals surface area contributed by atoms with E-state index in [-0.39, 0.29) is 10.9 Å². The van der Waals surface area contributed by atoms with E-state index in [0.717, 1.165) is 5.56 Å². The van der Waals surface area contributed by atoms with Crippen molar-refractivity contribution in [3.63, 3.8) is 0 Å². The quantitative estimate of drug-likeness (QED) is 0.818. The molecule has 2 atom stereocenters. The van der Waals surface area contributed by atoms with Crippen LogP contribution < -0.4 is 5.32 Å². The smallest absolute Gasteiger partial charge is 0.322 e. The molecular weight excluding hydrogens is 270 g/mol. The summed E-state index contributed by atoms with van der Waals surface area (Å²) in [6.45, 7) is 3.86. The van der Waals surface area contributed by atoms with Gasteiger partial charge in [-0.3, -0.25) is 4.79 Å². The van der Waals surface area contributed by atoms with Crippen LogP contribution in [0.4, 0.5) is 0 Å². The minimum Gasteiger partial charge on any atom is -0.480 e. The van der Waals surface area contributed by atoms with E-state index in [1.807, 2.05) is 44.2 Å². The van der Waals surface area contributed by atoms with Gasteiger partial charge in [0.1, 0.15) is 6.04 Å². The number of carbonyl (C=O) groups is 1. The summed E-state index contributed by atoms with van der Waals surface area (Å²) >= 11 is 3.44. The van der Waals surface area contributed by atoms with Gasteiger partial charge in [-0.25, -0.2) is 0 Å². The zero-order valence-corrected chi connectivity index (χ0v) is 10.9. The first-order valence-corrected chi connectivity index (χ1v) is 6.12. The molecule has 16 heavy (non-hydrogen) atoms. The Morgan fingerprint density at radius 1 is 1.31 bits per heavy atom. The Morgan fingerprint density at radius 2 is 1.88 bits per heavy atom. The van der Waals surface area contributed by atoms with E-state index in [4.69, 9.17) is 5.11 Å². The lowest BCUT2D eigenvalue weighted by molar-refractivity contribution is -0.139. The maximum absolute atomic E-state index is 11.2. The largest absolute Gasteiger partial charge is 0.480 e. The Bertz CT molecular complexity index is 340. The molecule has 0 amide bonds. The zero-order chi connectivity index (χ0) is 12.1.